The fourth-order valence-corrected chi connectivity index (χ4v) is 3.03. The summed E-state index contributed by atoms with van der Waals surface area (Å²) < 4.78 is 15.6. The lowest BCUT2D eigenvalue weighted by Gasteiger charge is -2.17. The third-order valence-electron chi connectivity index (χ3n) is 4.72. The lowest BCUT2D eigenvalue weighted by Crippen LogP contribution is -2.43. The van der Waals surface area contributed by atoms with Crippen LogP contribution in [0, 0.1) is 0 Å². The maximum atomic E-state index is 12.6. The second-order valence-corrected chi connectivity index (χ2v) is 6.88. The first-order chi connectivity index (χ1) is 15.5. The third-order valence-corrected chi connectivity index (χ3v) is 4.72. The highest BCUT2D eigenvalue weighted by Gasteiger charge is 2.25. The Morgan fingerprint density at radius 1 is 1.00 bits per heavy atom. The van der Waals surface area contributed by atoms with Crippen molar-refractivity contribution in [2.75, 3.05) is 14.2 Å². The topological polar surface area (TPSA) is 107 Å². The van der Waals surface area contributed by atoms with Crippen molar-refractivity contribution in [1.29, 1.82) is 0 Å². The number of hydrogen-bond donors (Lipinski definition) is 2. The van der Waals surface area contributed by atoms with Crippen molar-refractivity contribution in [3.8, 4) is 17.2 Å². The van der Waals surface area contributed by atoms with E-state index in [0.29, 0.717) is 12.4 Å². The van der Waals surface area contributed by atoms with Crippen molar-refractivity contribution in [2.24, 2.45) is 0 Å². The summed E-state index contributed by atoms with van der Waals surface area (Å²) in [4.78, 5) is 28.7. The van der Waals surface area contributed by atoms with Crippen LogP contribution in [-0.2, 0) is 22.6 Å². The number of benzene rings is 2. The molecule has 0 spiro atoms. The molecule has 8 heteroatoms. The van der Waals surface area contributed by atoms with Gasteiger partial charge in [0.25, 0.3) is 5.91 Å². The van der Waals surface area contributed by atoms with Crippen molar-refractivity contribution in [3.05, 3.63) is 83.7 Å². The minimum Gasteiger partial charge on any atom is -0.503 e. The highest BCUT2D eigenvalue weighted by Crippen LogP contribution is 2.27. The van der Waals surface area contributed by atoms with Crippen molar-refractivity contribution in [3.63, 3.8) is 0 Å². The Morgan fingerprint density at radius 2 is 1.72 bits per heavy atom. The van der Waals surface area contributed by atoms with E-state index >= 15 is 0 Å². The minimum absolute atomic E-state index is 0.103. The largest absolute Gasteiger partial charge is 0.503 e. The van der Waals surface area contributed by atoms with Crippen molar-refractivity contribution < 1.29 is 28.9 Å². The molecule has 166 valence electrons. The molecule has 0 radical (unpaired) electrons. The molecule has 0 saturated carbocycles. The van der Waals surface area contributed by atoms with E-state index in [4.69, 9.17) is 14.2 Å². The average molecular weight is 436 g/mol. The summed E-state index contributed by atoms with van der Waals surface area (Å²) in [6.07, 6.45) is 1.51. The number of aromatic hydroxyl groups is 1. The number of amides is 1. The maximum absolute atomic E-state index is 12.6. The third kappa shape index (κ3) is 5.75. The van der Waals surface area contributed by atoms with Crippen LogP contribution in [-0.4, -0.2) is 42.2 Å². The smallest absolute Gasteiger partial charge is 0.328 e. The van der Waals surface area contributed by atoms with E-state index in [1.807, 2.05) is 42.5 Å². The van der Waals surface area contributed by atoms with Crippen LogP contribution in [0.15, 0.2) is 66.9 Å². The number of nitrogens with zero attached hydrogens (tertiary/aromatic N) is 1. The molecule has 1 aromatic heterocycles. The molecule has 32 heavy (non-hydrogen) atoms. The predicted octanol–water partition coefficient (Wildman–Crippen LogP) is 2.89. The van der Waals surface area contributed by atoms with E-state index in [9.17, 15) is 14.7 Å². The van der Waals surface area contributed by atoms with Gasteiger partial charge < -0.3 is 24.6 Å². The number of esters is 1. The normalized spacial score (nSPS) is 11.3. The van der Waals surface area contributed by atoms with Crippen LogP contribution >= 0.6 is 0 Å². The van der Waals surface area contributed by atoms with Gasteiger partial charge in [-0.2, -0.15) is 0 Å². The zero-order chi connectivity index (χ0) is 22.9. The molecule has 0 aliphatic carbocycles. The zero-order valence-electron chi connectivity index (χ0n) is 17.8. The minimum atomic E-state index is -0.976. The van der Waals surface area contributed by atoms with Crippen LogP contribution in [0.4, 0.5) is 0 Å². The fraction of sp³-hybridized carbons (Fsp3) is 0.208. The summed E-state index contributed by atoms with van der Waals surface area (Å²) in [6, 6.07) is 17.5. The standard InChI is InChI=1S/C24H24N2O6/c1-30-20-12-13-25-21(22(20)27)23(28)26-19(24(29)31-2)14-16-8-10-18(11-9-16)32-15-17-6-4-3-5-7-17/h3-13,19,27H,14-15H2,1-2H3,(H,26,28)/t19-/m0/s1. The Morgan fingerprint density at radius 3 is 2.38 bits per heavy atom. The average Bonchev–Trinajstić information content (AvgIpc) is 2.83. The zero-order valence-corrected chi connectivity index (χ0v) is 17.8. The molecule has 0 fully saturated rings. The quantitative estimate of drug-likeness (QED) is 0.497. The number of nitrogens with one attached hydrogen (secondary N) is 1. The lowest BCUT2D eigenvalue weighted by atomic mass is 10.1. The number of hydrogen-bond acceptors (Lipinski definition) is 7. The van der Waals surface area contributed by atoms with Gasteiger partial charge >= 0.3 is 5.97 Å². The molecule has 0 unspecified atom stereocenters. The van der Waals surface area contributed by atoms with E-state index in [2.05, 4.69) is 10.3 Å². The van der Waals surface area contributed by atoms with Crippen molar-refractivity contribution in [1.82, 2.24) is 10.3 Å². The molecule has 0 aliphatic heterocycles. The van der Waals surface area contributed by atoms with Crippen LogP contribution in [0.2, 0.25) is 0 Å². The highest BCUT2D eigenvalue weighted by atomic mass is 16.5. The first-order valence-electron chi connectivity index (χ1n) is 9.88. The molecule has 8 nitrogen and oxygen atoms in total. The summed E-state index contributed by atoms with van der Waals surface area (Å²) >= 11 is 0. The Hall–Kier alpha value is -4.07. The van der Waals surface area contributed by atoms with Gasteiger partial charge in [-0.3, -0.25) is 4.79 Å². The van der Waals surface area contributed by atoms with Gasteiger partial charge in [-0.15, -0.1) is 0 Å². The van der Waals surface area contributed by atoms with Crippen molar-refractivity contribution in [2.45, 2.75) is 19.1 Å². The molecule has 0 aliphatic rings. The van der Waals surface area contributed by atoms with Crippen molar-refractivity contribution >= 4 is 11.9 Å². The molecule has 1 atom stereocenters. The molecule has 0 saturated heterocycles. The molecule has 0 bridgehead atoms. The SMILES string of the molecule is COC(=O)[C@H](Cc1ccc(OCc2ccccc2)cc1)NC(=O)c1nccc(OC)c1O. The second kappa shape index (κ2) is 10.8. The van der Waals surface area contributed by atoms with Gasteiger partial charge in [-0.1, -0.05) is 42.5 Å². The monoisotopic (exact) mass is 436 g/mol. The van der Waals surface area contributed by atoms with Gasteiger partial charge in [0.1, 0.15) is 18.4 Å². The number of pyridine rings is 1. The van der Waals surface area contributed by atoms with E-state index in [1.54, 1.807) is 12.1 Å². The summed E-state index contributed by atoms with van der Waals surface area (Å²) in [6.45, 7) is 0.443. The molecule has 3 aromatic rings. The number of aromatic nitrogens is 1. The van der Waals surface area contributed by atoms with E-state index in [-0.39, 0.29) is 17.9 Å². The Balaban J connectivity index is 1.66. The number of ether oxygens (including phenoxy) is 3. The summed E-state index contributed by atoms with van der Waals surface area (Å²) in [5, 5.41) is 12.7. The van der Waals surface area contributed by atoms with Crippen LogP contribution in [0.5, 0.6) is 17.2 Å². The maximum Gasteiger partial charge on any atom is 0.328 e. The van der Waals surface area contributed by atoms with Gasteiger partial charge in [-0.25, -0.2) is 9.78 Å². The van der Waals surface area contributed by atoms with Gasteiger partial charge in [0.15, 0.2) is 17.2 Å². The fourth-order valence-electron chi connectivity index (χ4n) is 3.03. The number of carbonyl (C=O) groups excluding carboxylic acids is 2. The Kier molecular flexibility index (Phi) is 7.64. The molecule has 1 heterocycles. The van der Waals surface area contributed by atoms with Gasteiger partial charge in [0, 0.05) is 18.7 Å². The van der Waals surface area contributed by atoms with E-state index in [1.165, 1.54) is 26.5 Å². The van der Waals surface area contributed by atoms with E-state index in [0.717, 1.165) is 11.1 Å². The molecule has 2 N–H and O–H groups in total. The van der Waals surface area contributed by atoms with Crippen LogP contribution in [0.3, 0.4) is 0 Å². The Labute approximate surface area is 185 Å². The van der Waals surface area contributed by atoms with Crippen LogP contribution in [0.1, 0.15) is 21.6 Å². The van der Waals surface area contributed by atoms with Gasteiger partial charge in [-0.05, 0) is 23.3 Å². The second-order valence-electron chi connectivity index (χ2n) is 6.88. The predicted molar refractivity (Wildman–Crippen MR) is 117 cm³/mol. The van der Waals surface area contributed by atoms with E-state index < -0.39 is 23.7 Å². The number of carbonyl (C=O) groups is 2. The van der Waals surface area contributed by atoms with Gasteiger partial charge in [0.2, 0.25) is 0 Å². The first-order valence-corrected chi connectivity index (χ1v) is 9.88. The summed E-state index contributed by atoms with van der Waals surface area (Å²) in [7, 11) is 2.60. The van der Waals surface area contributed by atoms with Crippen LogP contribution in [0.25, 0.3) is 0 Å². The molecule has 3 rings (SSSR count). The molecule has 2 aromatic carbocycles. The molecular formula is C24H24N2O6. The first kappa shape index (κ1) is 22.6. The number of methoxy groups -OCH3 is 2. The molecule has 1 amide bonds. The summed E-state index contributed by atoms with van der Waals surface area (Å²) in [5.41, 5.74) is 1.60. The lowest BCUT2D eigenvalue weighted by molar-refractivity contribution is -0.142. The van der Waals surface area contributed by atoms with Crippen LogP contribution < -0.4 is 14.8 Å². The Bertz CT molecular complexity index is 1050. The number of rotatable bonds is 9. The summed E-state index contributed by atoms with van der Waals surface area (Å²) in [5.74, 6) is -0.964. The molecular weight excluding hydrogens is 412 g/mol. The van der Waals surface area contributed by atoms with Gasteiger partial charge in [0.05, 0.1) is 14.2 Å². The highest BCUT2D eigenvalue weighted by molar-refractivity contribution is 5.98.